The molecule has 0 aliphatic rings. The minimum Gasteiger partial charge on any atom is -0.508 e. The van der Waals surface area contributed by atoms with Gasteiger partial charge in [0.05, 0.1) is 7.11 Å². The van der Waals surface area contributed by atoms with Crippen LogP contribution in [0.5, 0.6) is 11.5 Å². The highest BCUT2D eigenvalue weighted by molar-refractivity contribution is 5.82. The second-order valence-corrected chi connectivity index (χ2v) is 6.16. The van der Waals surface area contributed by atoms with E-state index in [0.29, 0.717) is 0 Å². The lowest BCUT2D eigenvalue weighted by Gasteiger charge is -2.17. The van der Waals surface area contributed by atoms with E-state index in [1.54, 1.807) is 13.2 Å². The van der Waals surface area contributed by atoms with Crippen LogP contribution in [0.25, 0.3) is 22.3 Å². The first-order chi connectivity index (χ1) is 11.5. The molecule has 0 radical (unpaired) electrons. The highest BCUT2D eigenvalue weighted by atomic mass is 16.5. The quantitative estimate of drug-likeness (QED) is 0.675. The third-order valence-corrected chi connectivity index (χ3v) is 4.56. The molecule has 0 spiro atoms. The van der Waals surface area contributed by atoms with E-state index in [1.807, 2.05) is 18.2 Å². The third kappa shape index (κ3) is 2.88. The number of hydrogen-bond acceptors (Lipinski definition) is 2. The van der Waals surface area contributed by atoms with Crippen LogP contribution in [-0.2, 0) is 0 Å². The molecule has 122 valence electrons. The Morgan fingerprint density at radius 2 is 1.33 bits per heavy atom. The number of ether oxygens (including phenoxy) is 1. The van der Waals surface area contributed by atoms with Crippen LogP contribution in [0.3, 0.4) is 0 Å². The van der Waals surface area contributed by atoms with Gasteiger partial charge in [0.2, 0.25) is 0 Å². The van der Waals surface area contributed by atoms with Crippen molar-refractivity contribution in [3.05, 3.63) is 71.3 Å². The van der Waals surface area contributed by atoms with E-state index in [9.17, 15) is 5.11 Å². The summed E-state index contributed by atoms with van der Waals surface area (Å²) >= 11 is 0. The minimum atomic E-state index is 0.273. The van der Waals surface area contributed by atoms with Crippen LogP contribution in [-0.4, -0.2) is 12.2 Å². The van der Waals surface area contributed by atoms with E-state index < -0.39 is 0 Å². The zero-order valence-electron chi connectivity index (χ0n) is 14.6. The molecule has 0 aromatic heterocycles. The second-order valence-electron chi connectivity index (χ2n) is 6.16. The molecule has 2 nitrogen and oxygen atoms in total. The molecule has 0 fully saturated rings. The fourth-order valence-electron chi connectivity index (χ4n) is 3.14. The lowest BCUT2D eigenvalue weighted by Crippen LogP contribution is -1.95. The number of hydrogen-bond donors (Lipinski definition) is 1. The molecule has 0 heterocycles. The standard InChI is InChI=1S/C22H22O2/c1-14-7-5-6-8-19(14)21-12-18(24-4)13-22(16(21)3)20-11-17(23)10-9-15(20)2/h5-13,23H,1-4H3. The summed E-state index contributed by atoms with van der Waals surface area (Å²) in [5.74, 6) is 1.09. The lowest BCUT2D eigenvalue weighted by molar-refractivity contribution is 0.415. The van der Waals surface area contributed by atoms with Gasteiger partial charge in [0.25, 0.3) is 0 Å². The van der Waals surface area contributed by atoms with E-state index in [-0.39, 0.29) is 5.75 Å². The molecule has 0 atom stereocenters. The zero-order valence-corrected chi connectivity index (χ0v) is 14.6. The van der Waals surface area contributed by atoms with Crippen LogP contribution in [0.15, 0.2) is 54.6 Å². The van der Waals surface area contributed by atoms with Crippen molar-refractivity contribution in [2.24, 2.45) is 0 Å². The number of rotatable bonds is 3. The lowest BCUT2D eigenvalue weighted by atomic mass is 9.89. The van der Waals surface area contributed by atoms with Crippen LogP contribution in [0, 0.1) is 20.8 Å². The van der Waals surface area contributed by atoms with Crippen LogP contribution in [0.1, 0.15) is 16.7 Å². The number of benzene rings is 3. The fraction of sp³-hybridized carbons (Fsp3) is 0.182. The summed E-state index contributed by atoms with van der Waals surface area (Å²) in [4.78, 5) is 0. The molecule has 1 N–H and O–H groups in total. The topological polar surface area (TPSA) is 29.5 Å². The molecule has 0 unspecified atom stereocenters. The van der Waals surface area contributed by atoms with E-state index in [2.05, 4.69) is 51.1 Å². The molecule has 24 heavy (non-hydrogen) atoms. The van der Waals surface area contributed by atoms with Crippen molar-refractivity contribution in [1.29, 1.82) is 0 Å². The van der Waals surface area contributed by atoms with Crippen molar-refractivity contribution in [1.82, 2.24) is 0 Å². The van der Waals surface area contributed by atoms with Gasteiger partial charge in [0.15, 0.2) is 0 Å². The van der Waals surface area contributed by atoms with E-state index >= 15 is 0 Å². The maximum Gasteiger partial charge on any atom is 0.120 e. The van der Waals surface area contributed by atoms with Gasteiger partial charge in [-0.2, -0.15) is 0 Å². The highest BCUT2D eigenvalue weighted by Gasteiger charge is 2.14. The molecular formula is C22H22O2. The number of phenols is 1. The van der Waals surface area contributed by atoms with Crippen molar-refractivity contribution in [2.75, 3.05) is 7.11 Å². The molecule has 0 amide bonds. The smallest absolute Gasteiger partial charge is 0.120 e. The maximum atomic E-state index is 9.92. The van der Waals surface area contributed by atoms with Gasteiger partial charge in [-0.3, -0.25) is 0 Å². The van der Waals surface area contributed by atoms with Crippen LogP contribution in [0.2, 0.25) is 0 Å². The van der Waals surface area contributed by atoms with Gasteiger partial charge in [-0.25, -0.2) is 0 Å². The number of aryl methyl sites for hydroxylation is 2. The number of methoxy groups -OCH3 is 1. The Morgan fingerprint density at radius 1 is 0.708 bits per heavy atom. The predicted octanol–water partition coefficient (Wildman–Crippen LogP) is 5.66. The summed E-state index contributed by atoms with van der Waals surface area (Å²) in [5, 5.41) is 9.92. The number of aromatic hydroxyl groups is 1. The molecular weight excluding hydrogens is 296 g/mol. The molecule has 3 aromatic carbocycles. The van der Waals surface area contributed by atoms with E-state index in [0.717, 1.165) is 28.0 Å². The average molecular weight is 318 g/mol. The Kier molecular flexibility index (Phi) is 4.30. The van der Waals surface area contributed by atoms with Crippen LogP contribution in [0.4, 0.5) is 0 Å². The summed E-state index contributed by atoms with van der Waals surface area (Å²) in [6.45, 7) is 6.30. The molecule has 2 heteroatoms. The second kappa shape index (κ2) is 6.40. The zero-order chi connectivity index (χ0) is 17.3. The van der Waals surface area contributed by atoms with Crippen molar-refractivity contribution >= 4 is 0 Å². The fourth-order valence-corrected chi connectivity index (χ4v) is 3.14. The van der Waals surface area contributed by atoms with Crippen LogP contribution >= 0.6 is 0 Å². The van der Waals surface area contributed by atoms with Crippen molar-refractivity contribution in [2.45, 2.75) is 20.8 Å². The largest absolute Gasteiger partial charge is 0.508 e. The Balaban J connectivity index is 2.30. The first-order valence-corrected chi connectivity index (χ1v) is 8.06. The van der Waals surface area contributed by atoms with Gasteiger partial charge >= 0.3 is 0 Å². The Bertz CT molecular complexity index is 894. The summed E-state index contributed by atoms with van der Waals surface area (Å²) in [6, 6.07) is 18.0. The molecule has 3 aromatic rings. The van der Waals surface area contributed by atoms with Gasteiger partial charge in [-0.05, 0) is 84.0 Å². The molecule has 3 rings (SSSR count). The Morgan fingerprint density at radius 3 is 2.00 bits per heavy atom. The monoisotopic (exact) mass is 318 g/mol. The summed E-state index contributed by atoms with van der Waals surface area (Å²) < 4.78 is 5.54. The highest BCUT2D eigenvalue weighted by Crippen LogP contribution is 2.39. The summed E-state index contributed by atoms with van der Waals surface area (Å²) in [6.07, 6.45) is 0. The summed E-state index contributed by atoms with van der Waals surface area (Å²) in [5.41, 5.74) is 8.01. The van der Waals surface area contributed by atoms with Gasteiger partial charge in [0.1, 0.15) is 11.5 Å². The Labute approximate surface area is 143 Å². The first-order valence-electron chi connectivity index (χ1n) is 8.06. The SMILES string of the molecule is COc1cc(-c2ccccc2C)c(C)c(-c2cc(O)ccc2C)c1. The molecule has 0 aliphatic carbocycles. The molecule has 0 bridgehead atoms. The van der Waals surface area contributed by atoms with E-state index in [4.69, 9.17) is 4.74 Å². The van der Waals surface area contributed by atoms with Gasteiger partial charge in [0, 0.05) is 0 Å². The maximum absolute atomic E-state index is 9.92. The van der Waals surface area contributed by atoms with Crippen molar-refractivity contribution < 1.29 is 9.84 Å². The van der Waals surface area contributed by atoms with Crippen molar-refractivity contribution in [3.63, 3.8) is 0 Å². The summed E-state index contributed by atoms with van der Waals surface area (Å²) in [7, 11) is 1.69. The normalized spacial score (nSPS) is 10.7. The van der Waals surface area contributed by atoms with Crippen LogP contribution < -0.4 is 4.74 Å². The number of phenolic OH excluding ortho intramolecular Hbond substituents is 1. The van der Waals surface area contributed by atoms with Crippen molar-refractivity contribution in [3.8, 4) is 33.8 Å². The van der Waals surface area contributed by atoms with Gasteiger partial charge in [-0.15, -0.1) is 0 Å². The molecule has 0 saturated heterocycles. The molecule has 0 aliphatic heterocycles. The predicted molar refractivity (Wildman–Crippen MR) is 99.7 cm³/mol. The third-order valence-electron chi connectivity index (χ3n) is 4.56. The van der Waals surface area contributed by atoms with Gasteiger partial charge in [-0.1, -0.05) is 30.3 Å². The minimum absolute atomic E-state index is 0.273. The molecule has 0 saturated carbocycles. The van der Waals surface area contributed by atoms with Gasteiger partial charge < -0.3 is 9.84 Å². The van der Waals surface area contributed by atoms with E-state index in [1.165, 1.54) is 16.7 Å². The Hall–Kier alpha value is -2.74. The average Bonchev–Trinajstić information content (AvgIpc) is 2.58. The first kappa shape index (κ1) is 16.1.